The van der Waals surface area contributed by atoms with Gasteiger partial charge in [0, 0.05) is 0 Å². The average molecular weight is 629 g/mol. The van der Waals surface area contributed by atoms with Gasteiger partial charge < -0.3 is 0 Å². The number of hydrogen-bond donors (Lipinski definition) is 2. The molecule has 0 fully saturated rings. The summed E-state index contributed by atoms with van der Waals surface area (Å²) < 4.78 is 106. The molecule has 168 valence electrons. The molecule has 0 atom stereocenters. The van der Waals surface area contributed by atoms with Crippen molar-refractivity contribution in [2.75, 3.05) is 16.0 Å². The van der Waals surface area contributed by atoms with E-state index in [9.17, 15) is 39.9 Å². The molecule has 0 aromatic heterocycles. The van der Waals surface area contributed by atoms with E-state index < -0.39 is 64.9 Å². The molecule has 2 aromatic rings. The summed E-state index contributed by atoms with van der Waals surface area (Å²) in [5.74, 6) is -2.17. The molecule has 0 heterocycles. The molecule has 0 spiro atoms. The number of benzene rings is 2. The van der Waals surface area contributed by atoms with Gasteiger partial charge in [0.2, 0.25) is 0 Å². The Balaban J connectivity index is 2.65. The first-order valence-electron chi connectivity index (χ1n) is 7.88. The number of carbonyl (C=O) groups is 1. The molecule has 3 N–H and O–H groups in total. The fourth-order valence-corrected chi connectivity index (χ4v) is 5.55. The van der Waals surface area contributed by atoms with Crippen LogP contribution in [0.3, 0.4) is 0 Å². The van der Waals surface area contributed by atoms with Crippen molar-refractivity contribution in [1.82, 2.24) is 0 Å². The number of rotatable bonds is 4. The Morgan fingerprint density at radius 3 is 2.13 bits per heavy atom. The summed E-state index contributed by atoms with van der Waals surface area (Å²) in [4.78, 5) is 13.8. The number of nitrogens with two attached hydrogens (primary N) is 1. The van der Waals surface area contributed by atoms with Gasteiger partial charge >= 0.3 is 188 Å². The first kappa shape index (κ1) is 25.7. The first-order chi connectivity index (χ1) is 14.0. The van der Waals surface area contributed by atoms with Crippen molar-refractivity contribution < 1.29 is 39.9 Å². The van der Waals surface area contributed by atoms with Crippen molar-refractivity contribution in [2.45, 2.75) is 18.0 Å². The van der Waals surface area contributed by atoms with Crippen molar-refractivity contribution in [1.29, 1.82) is 0 Å². The zero-order chi connectivity index (χ0) is 23.9. The van der Waals surface area contributed by atoms with E-state index in [1.54, 1.807) is 0 Å². The Kier molecular flexibility index (Phi) is 7.25. The Bertz CT molecular complexity index is 999. The van der Waals surface area contributed by atoms with E-state index in [2.05, 4.69) is 21.2 Å². The minimum absolute atomic E-state index is 0.245. The van der Waals surface area contributed by atoms with Gasteiger partial charge in [-0.2, -0.15) is 0 Å². The molecule has 1 amide bonds. The number of amides is 1. The standard InChI is InChI=1S/C17H11BBrF8IN2O/c1-28(18)10-6-7(15(21,16(22,23)24)17(25,26)27)5-9(19)13(10)30-14(31)8-3-2-4-11(29)12(8)20/h2-6H,29H2,1H3,(H,30,31). The molecule has 0 aliphatic carbocycles. The average Bonchev–Trinajstić information content (AvgIpc) is 2.62. The molecule has 0 saturated heterocycles. The van der Waals surface area contributed by atoms with Gasteiger partial charge in [-0.15, -0.1) is 0 Å². The minimum atomic E-state index is -6.32. The van der Waals surface area contributed by atoms with Crippen LogP contribution >= 0.6 is 35.5 Å². The van der Waals surface area contributed by atoms with Crippen molar-refractivity contribution in [3.63, 3.8) is 0 Å². The molecule has 0 aliphatic rings. The Labute approximate surface area is 187 Å². The van der Waals surface area contributed by atoms with E-state index in [1.165, 1.54) is 17.1 Å². The normalized spacial score (nSPS) is 13.2. The quantitative estimate of drug-likeness (QED) is 0.141. The van der Waals surface area contributed by atoms with Crippen LogP contribution in [-0.4, -0.2) is 28.9 Å². The van der Waals surface area contributed by atoms with Gasteiger partial charge in [0.1, 0.15) is 0 Å². The van der Waals surface area contributed by atoms with Gasteiger partial charge in [0.25, 0.3) is 0 Å². The van der Waals surface area contributed by atoms with Crippen molar-refractivity contribution in [3.05, 3.63) is 55.3 Å². The SMILES string of the molecule is [B]I(C)c1cc(C(F)(C(F)(F)F)C(F)(F)F)cc(Br)c1NC(=O)c1cccc(N)c1F. The van der Waals surface area contributed by atoms with Crippen LogP contribution in [0.5, 0.6) is 0 Å². The summed E-state index contributed by atoms with van der Waals surface area (Å²) >= 11 is -0.174. The number of anilines is 2. The molecular weight excluding hydrogens is 618 g/mol. The third-order valence-electron chi connectivity index (χ3n) is 4.05. The zero-order valence-corrected chi connectivity index (χ0v) is 19.0. The van der Waals surface area contributed by atoms with Crippen LogP contribution in [0.25, 0.3) is 0 Å². The molecule has 0 unspecified atom stereocenters. The molecule has 14 heteroatoms. The third kappa shape index (κ3) is 4.78. The second-order valence-corrected chi connectivity index (χ2v) is 11.1. The van der Waals surface area contributed by atoms with E-state index in [0.29, 0.717) is 6.07 Å². The van der Waals surface area contributed by atoms with Crippen molar-refractivity contribution >= 4 is 58.5 Å². The van der Waals surface area contributed by atoms with Gasteiger partial charge in [0.05, 0.1) is 0 Å². The van der Waals surface area contributed by atoms with E-state index in [1.807, 2.05) is 0 Å². The zero-order valence-electron chi connectivity index (χ0n) is 15.2. The van der Waals surface area contributed by atoms with Crippen LogP contribution in [0.2, 0.25) is 0 Å². The number of nitrogen functional groups attached to an aromatic ring is 1. The molecule has 31 heavy (non-hydrogen) atoms. The predicted molar refractivity (Wildman–Crippen MR) is 112 cm³/mol. The van der Waals surface area contributed by atoms with Crippen LogP contribution < -0.4 is 11.1 Å². The van der Waals surface area contributed by atoms with Gasteiger partial charge in [-0.1, -0.05) is 0 Å². The van der Waals surface area contributed by atoms with Gasteiger partial charge in [-0.05, 0) is 0 Å². The summed E-state index contributed by atoms with van der Waals surface area (Å²) in [6, 6.07) is 4.07. The Morgan fingerprint density at radius 1 is 1.10 bits per heavy atom. The topological polar surface area (TPSA) is 55.1 Å². The number of halogens is 10. The molecule has 2 radical (unpaired) electrons. The fraction of sp³-hybridized carbons (Fsp3) is 0.235. The van der Waals surface area contributed by atoms with Crippen LogP contribution in [-0.2, 0) is 5.67 Å². The van der Waals surface area contributed by atoms with E-state index in [0.717, 1.165) is 6.07 Å². The van der Waals surface area contributed by atoms with Crippen LogP contribution in [0, 0.1) is 9.39 Å². The van der Waals surface area contributed by atoms with Crippen molar-refractivity contribution in [2.24, 2.45) is 0 Å². The number of nitrogens with one attached hydrogen (secondary N) is 1. The maximum atomic E-state index is 14.5. The number of hydrogen-bond acceptors (Lipinski definition) is 2. The van der Waals surface area contributed by atoms with E-state index in [4.69, 9.17) is 11.4 Å². The van der Waals surface area contributed by atoms with Crippen molar-refractivity contribution in [3.8, 4) is 0 Å². The summed E-state index contributed by atoms with van der Waals surface area (Å²) in [5, 5.41) is 2.19. The monoisotopic (exact) mass is 628 g/mol. The summed E-state index contributed by atoms with van der Waals surface area (Å²) in [6.07, 6.45) is -12.6. The Hall–Kier alpha value is -1.58. The second-order valence-electron chi connectivity index (χ2n) is 6.15. The van der Waals surface area contributed by atoms with E-state index >= 15 is 0 Å². The summed E-state index contributed by atoms with van der Waals surface area (Å²) in [5.41, 5.74) is 2.56. The molecule has 3 nitrogen and oxygen atoms in total. The van der Waals surface area contributed by atoms with Crippen LogP contribution in [0.4, 0.5) is 46.5 Å². The van der Waals surface area contributed by atoms with E-state index in [-0.39, 0.29) is 21.0 Å². The molecule has 0 bridgehead atoms. The maximum absolute atomic E-state index is 14.5. The Morgan fingerprint density at radius 2 is 1.65 bits per heavy atom. The van der Waals surface area contributed by atoms with Crippen LogP contribution in [0.1, 0.15) is 15.9 Å². The fourth-order valence-electron chi connectivity index (χ4n) is 2.52. The number of alkyl halides is 8. The molecular formula is C17H11BBrF8IN2O. The summed E-state index contributed by atoms with van der Waals surface area (Å²) in [7, 11) is 0. The molecule has 2 rings (SSSR count). The van der Waals surface area contributed by atoms with Gasteiger partial charge in [-0.25, -0.2) is 0 Å². The van der Waals surface area contributed by atoms with Gasteiger partial charge in [0.15, 0.2) is 0 Å². The number of carbonyl (C=O) groups excluding carboxylic acids is 1. The predicted octanol–water partition coefficient (Wildman–Crippen LogP) is 6.10. The molecule has 0 aliphatic heterocycles. The van der Waals surface area contributed by atoms with Gasteiger partial charge in [-0.3, -0.25) is 0 Å². The van der Waals surface area contributed by atoms with Crippen LogP contribution in [0.15, 0.2) is 34.8 Å². The first-order valence-corrected chi connectivity index (χ1v) is 13.2. The second kappa shape index (κ2) is 8.75. The molecule has 2 aromatic carbocycles. The third-order valence-corrected chi connectivity index (χ3v) is 7.36. The summed E-state index contributed by atoms with van der Waals surface area (Å²) in [6.45, 7) is 0. The molecule has 0 saturated carbocycles.